The Morgan fingerprint density at radius 1 is 1.32 bits per heavy atom. The molecule has 0 radical (unpaired) electrons. The predicted octanol–water partition coefficient (Wildman–Crippen LogP) is 3.01. The van der Waals surface area contributed by atoms with Crippen LogP contribution in [0.5, 0.6) is 11.5 Å². The Morgan fingerprint density at radius 3 is 2.93 bits per heavy atom. The zero-order valence-corrected chi connectivity index (χ0v) is 16.0. The van der Waals surface area contributed by atoms with Crippen LogP contribution in [-0.4, -0.2) is 28.7 Å². The molecule has 3 heterocycles. The van der Waals surface area contributed by atoms with Gasteiger partial charge in [-0.15, -0.1) is 0 Å². The molecule has 1 aliphatic rings. The predicted molar refractivity (Wildman–Crippen MR) is 100 cm³/mol. The Balaban J connectivity index is 1.61. The van der Waals surface area contributed by atoms with Crippen molar-refractivity contribution in [2.45, 2.75) is 20.0 Å². The second kappa shape index (κ2) is 7.20. The van der Waals surface area contributed by atoms with Crippen LogP contribution < -0.4 is 15.0 Å². The fourth-order valence-corrected chi connectivity index (χ4v) is 3.31. The molecule has 0 saturated carbocycles. The van der Waals surface area contributed by atoms with E-state index in [-0.39, 0.29) is 34.6 Å². The van der Waals surface area contributed by atoms with Crippen molar-refractivity contribution in [1.29, 1.82) is 0 Å². The number of carbonyl (C=O) groups is 1. The molecule has 4 rings (SSSR count). The van der Waals surface area contributed by atoms with Crippen molar-refractivity contribution in [3.8, 4) is 11.5 Å². The first-order valence-corrected chi connectivity index (χ1v) is 9.03. The van der Waals surface area contributed by atoms with Crippen LogP contribution in [0.15, 0.2) is 27.7 Å². The molecule has 3 aromatic rings. The average Bonchev–Trinajstić information content (AvgIpc) is 2.84. The third-order valence-corrected chi connectivity index (χ3v) is 4.66. The van der Waals surface area contributed by atoms with Gasteiger partial charge in [0.05, 0.1) is 18.2 Å². The fraction of sp³-hybridized carbons (Fsp3) is 0.316. The summed E-state index contributed by atoms with van der Waals surface area (Å²) >= 11 is 6.26. The molecule has 1 aliphatic heterocycles. The van der Waals surface area contributed by atoms with E-state index in [2.05, 4.69) is 4.98 Å². The molecule has 0 unspecified atom stereocenters. The van der Waals surface area contributed by atoms with Crippen LogP contribution in [0.3, 0.4) is 0 Å². The molecule has 0 amide bonds. The monoisotopic (exact) mass is 404 g/mol. The number of rotatable bonds is 3. The van der Waals surface area contributed by atoms with Gasteiger partial charge in [-0.1, -0.05) is 11.6 Å². The molecule has 0 N–H and O–H groups in total. The molecule has 0 atom stereocenters. The lowest BCUT2D eigenvalue weighted by atomic mass is 10.2. The summed E-state index contributed by atoms with van der Waals surface area (Å²) in [6, 6.07) is 3.38. The van der Waals surface area contributed by atoms with Gasteiger partial charge in [-0.25, -0.2) is 9.78 Å². The standard InChI is InChI=1S/C19H17ClN2O6/c1-10-14(15-17(28-10)21-9-22(2)18(15)23)19(24)27-8-11-6-12(20)16-13(7-11)25-4-3-5-26-16/h6-7,9H,3-5,8H2,1-2H3. The van der Waals surface area contributed by atoms with Crippen molar-refractivity contribution in [3.05, 3.63) is 50.7 Å². The number of aromatic nitrogens is 2. The summed E-state index contributed by atoms with van der Waals surface area (Å²) in [6.45, 7) is 2.57. The Bertz CT molecular complexity index is 1130. The third kappa shape index (κ3) is 3.20. The molecule has 8 nitrogen and oxygen atoms in total. The number of ether oxygens (including phenoxy) is 3. The third-order valence-electron chi connectivity index (χ3n) is 4.38. The van der Waals surface area contributed by atoms with Gasteiger partial charge in [-0.05, 0) is 24.6 Å². The van der Waals surface area contributed by atoms with Crippen molar-refractivity contribution < 1.29 is 23.4 Å². The maximum Gasteiger partial charge on any atom is 0.342 e. The highest BCUT2D eigenvalue weighted by molar-refractivity contribution is 6.32. The highest BCUT2D eigenvalue weighted by Gasteiger charge is 2.24. The van der Waals surface area contributed by atoms with Crippen LogP contribution in [0.2, 0.25) is 5.02 Å². The van der Waals surface area contributed by atoms with Gasteiger partial charge in [-0.2, -0.15) is 0 Å². The maximum absolute atomic E-state index is 12.7. The number of hydrogen-bond donors (Lipinski definition) is 0. The van der Waals surface area contributed by atoms with Gasteiger partial charge in [-0.3, -0.25) is 4.79 Å². The summed E-state index contributed by atoms with van der Waals surface area (Å²) in [5.41, 5.74) is 0.432. The van der Waals surface area contributed by atoms with Crippen molar-refractivity contribution in [2.24, 2.45) is 7.05 Å². The number of hydrogen-bond acceptors (Lipinski definition) is 7. The number of fused-ring (bicyclic) bond motifs is 2. The van der Waals surface area contributed by atoms with Gasteiger partial charge in [0, 0.05) is 13.5 Å². The summed E-state index contributed by atoms with van der Waals surface area (Å²) in [5.74, 6) is 0.594. The van der Waals surface area contributed by atoms with Gasteiger partial charge in [0.2, 0.25) is 5.71 Å². The smallest absolute Gasteiger partial charge is 0.342 e. The molecule has 1 aromatic carbocycles. The van der Waals surface area contributed by atoms with E-state index in [0.717, 1.165) is 6.42 Å². The van der Waals surface area contributed by atoms with Gasteiger partial charge in [0.25, 0.3) is 5.56 Å². The lowest BCUT2D eigenvalue weighted by molar-refractivity contribution is 0.0472. The van der Waals surface area contributed by atoms with Crippen LogP contribution in [0.25, 0.3) is 11.1 Å². The quantitative estimate of drug-likeness (QED) is 0.619. The second-order valence-electron chi connectivity index (χ2n) is 6.41. The summed E-state index contributed by atoms with van der Waals surface area (Å²) in [5, 5.41) is 0.484. The van der Waals surface area contributed by atoms with Crippen LogP contribution in [0, 0.1) is 6.92 Å². The van der Waals surface area contributed by atoms with Gasteiger partial charge in [0.15, 0.2) is 11.5 Å². The van der Waals surface area contributed by atoms with E-state index >= 15 is 0 Å². The molecular weight excluding hydrogens is 388 g/mol. The van der Waals surface area contributed by atoms with E-state index < -0.39 is 5.97 Å². The van der Waals surface area contributed by atoms with E-state index in [1.165, 1.54) is 10.9 Å². The number of furan rings is 1. The lowest BCUT2D eigenvalue weighted by Crippen LogP contribution is -2.19. The minimum atomic E-state index is -0.676. The first-order valence-electron chi connectivity index (χ1n) is 8.65. The molecular formula is C19H17ClN2O6. The number of aryl methyl sites for hydroxylation is 2. The minimum absolute atomic E-state index is 0.0537. The van der Waals surface area contributed by atoms with E-state index in [1.54, 1.807) is 26.1 Å². The van der Waals surface area contributed by atoms with Gasteiger partial charge >= 0.3 is 5.97 Å². The average molecular weight is 405 g/mol. The first kappa shape index (κ1) is 18.4. The summed E-state index contributed by atoms with van der Waals surface area (Å²) < 4.78 is 23.3. The highest BCUT2D eigenvalue weighted by Crippen LogP contribution is 2.38. The first-order chi connectivity index (χ1) is 13.5. The Labute approximate surface area is 164 Å². The van der Waals surface area contributed by atoms with Gasteiger partial charge < -0.3 is 23.2 Å². The molecule has 146 valence electrons. The van der Waals surface area contributed by atoms with Crippen molar-refractivity contribution in [2.75, 3.05) is 13.2 Å². The molecule has 9 heteroatoms. The number of halogens is 1. The van der Waals surface area contributed by atoms with Gasteiger partial charge in [0.1, 0.15) is 29.6 Å². The topological polar surface area (TPSA) is 92.8 Å². The maximum atomic E-state index is 12.7. The van der Waals surface area contributed by atoms with Crippen LogP contribution >= 0.6 is 11.6 Å². The van der Waals surface area contributed by atoms with Crippen LogP contribution in [0.1, 0.15) is 28.1 Å². The molecule has 2 aromatic heterocycles. The molecule has 0 saturated heterocycles. The second-order valence-corrected chi connectivity index (χ2v) is 6.81. The van der Waals surface area contributed by atoms with Crippen molar-refractivity contribution >= 4 is 28.7 Å². The van der Waals surface area contributed by atoms with E-state index in [9.17, 15) is 9.59 Å². The summed E-state index contributed by atoms with van der Waals surface area (Å²) in [6.07, 6.45) is 2.09. The number of carbonyl (C=O) groups excluding carboxylic acids is 1. The molecule has 0 aliphatic carbocycles. The number of nitrogens with zero attached hydrogens (tertiary/aromatic N) is 2. The zero-order chi connectivity index (χ0) is 19.8. The minimum Gasteiger partial charge on any atom is -0.489 e. The van der Waals surface area contributed by atoms with E-state index in [4.69, 9.17) is 30.2 Å². The SMILES string of the molecule is Cc1oc2ncn(C)c(=O)c2c1C(=O)OCc1cc(Cl)c2c(c1)OCCCO2. The largest absolute Gasteiger partial charge is 0.489 e. The molecule has 0 spiro atoms. The summed E-state index contributed by atoms with van der Waals surface area (Å²) in [7, 11) is 1.55. The Morgan fingerprint density at radius 2 is 2.11 bits per heavy atom. The fourth-order valence-electron chi connectivity index (χ4n) is 3.02. The lowest BCUT2D eigenvalue weighted by Gasteiger charge is -2.12. The zero-order valence-electron chi connectivity index (χ0n) is 15.3. The van der Waals surface area contributed by atoms with Crippen LogP contribution in [0.4, 0.5) is 0 Å². The molecule has 28 heavy (non-hydrogen) atoms. The van der Waals surface area contributed by atoms with E-state index in [1.807, 2.05) is 0 Å². The Kier molecular flexibility index (Phi) is 4.72. The normalized spacial score (nSPS) is 13.4. The van der Waals surface area contributed by atoms with Crippen molar-refractivity contribution in [3.63, 3.8) is 0 Å². The number of benzene rings is 1. The number of esters is 1. The molecule has 0 bridgehead atoms. The highest BCUT2D eigenvalue weighted by atomic mass is 35.5. The molecule has 0 fully saturated rings. The van der Waals surface area contributed by atoms with E-state index in [0.29, 0.717) is 35.3 Å². The Hall–Kier alpha value is -3.00. The van der Waals surface area contributed by atoms with Crippen molar-refractivity contribution in [1.82, 2.24) is 9.55 Å². The summed E-state index contributed by atoms with van der Waals surface area (Å²) in [4.78, 5) is 29.1. The van der Waals surface area contributed by atoms with Crippen LogP contribution in [-0.2, 0) is 18.4 Å².